The van der Waals surface area contributed by atoms with E-state index in [1.165, 1.54) is 0 Å². The zero-order valence-electron chi connectivity index (χ0n) is 15.5. The van der Waals surface area contributed by atoms with Crippen LogP contribution >= 0.6 is 35.4 Å². The van der Waals surface area contributed by atoms with Crippen LogP contribution in [0.4, 0.5) is 11.4 Å². The first-order valence-electron chi connectivity index (χ1n) is 9.11. The second-order valence-electron chi connectivity index (χ2n) is 6.47. The molecule has 0 bridgehead atoms. The van der Waals surface area contributed by atoms with Crippen LogP contribution in [0.3, 0.4) is 0 Å². The van der Waals surface area contributed by atoms with E-state index in [-0.39, 0.29) is 11.0 Å². The van der Waals surface area contributed by atoms with E-state index in [2.05, 4.69) is 27.4 Å². The smallest absolute Gasteiger partial charge is 0.257 e. The van der Waals surface area contributed by atoms with Crippen LogP contribution in [0.5, 0.6) is 0 Å². The molecule has 8 heteroatoms. The van der Waals surface area contributed by atoms with E-state index in [0.29, 0.717) is 15.6 Å². The number of carbonyl (C=O) groups excluding carboxylic acids is 1. The van der Waals surface area contributed by atoms with Gasteiger partial charge in [0, 0.05) is 36.8 Å². The molecule has 0 unspecified atom stereocenters. The Morgan fingerprint density at radius 1 is 1.07 bits per heavy atom. The van der Waals surface area contributed by atoms with E-state index in [1.54, 1.807) is 24.3 Å². The second-order valence-corrected chi connectivity index (χ2v) is 7.72. The molecule has 2 aromatic carbocycles. The Bertz CT molecular complexity index is 852. The van der Waals surface area contributed by atoms with E-state index < -0.39 is 0 Å². The number of piperazine rings is 1. The number of nitrogens with one attached hydrogen (secondary N) is 2. The topological polar surface area (TPSA) is 47.6 Å². The van der Waals surface area contributed by atoms with Gasteiger partial charge in [0.25, 0.3) is 5.91 Å². The fourth-order valence-corrected chi connectivity index (χ4v) is 3.78. The second kappa shape index (κ2) is 9.56. The molecule has 2 N–H and O–H groups in total. The predicted molar refractivity (Wildman–Crippen MR) is 121 cm³/mol. The highest BCUT2D eigenvalue weighted by Gasteiger charge is 2.21. The van der Waals surface area contributed by atoms with Crippen LogP contribution in [0, 0.1) is 0 Å². The average molecular weight is 437 g/mol. The van der Waals surface area contributed by atoms with Crippen LogP contribution in [-0.4, -0.2) is 48.6 Å². The van der Waals surface area contributed by atoms with Gasteiger partial charge in [-0.15, -0.1) is 0 Å². The normalized spacial score (nSPS) is 14.6. The molecule has 28 heavy (non-hydrogen) atoms. The van der Waals surface area contributed by atoms with Gasteiger partial charge in [-0.05, 0) is 55.2 Å². The molecule has 1 saturated heterocycles. The van der Waals surface area contributed by atoms with Crippen molar-refractivity contribution in [3.8, 4) is 0 Å². The fraction of sp³-hybridized carbons (Fsp3) is 0.300. The standard InChI is InChI=1S/C20H22Cl2N4OS/c1-2-25-10-12-26(13-11-25)18-16(22)4-3-5-17(18)23-20(28)24-19(27)14-6-8-15(21)9-7-14/h3-9H,2,10-13H2,1H3,(H2,23,24,27,28). The van der Waals surface area contributed by atoms with Crippen molar-refractivity contribution in [3.63, 3.8) is 0 Å². The van der Waals surface area contributed by atoms with Crippen LogP contribution in [-0.2, 0) is 0 Å². The van der Waals surface area contributed by atoms with Gasteiger partial charge in [0.05, 0.1) is 16.4 Å². The minimum atomic E-state index is -0.297. The van der Waals surface area contributed by atoms with Crippen LogP contribution in [0.15, 0.2) is 42.5 Å². The molecule has 0 radical (unpaired) electrons. The molecule has 0 aliphatic carbocycles. The molecular weight excluding hydrogens is 415 g/mol. The first-order valence-corrected chi connectivity index (χ1v) is 10.3. The number of hydrogen-bond donors (Lipinski definition) is 2. The highest BCUT2D eigenvalue weighted by atomic mass is 35.5. The number of likely N-dealkylation sites (N-methyl/N-ethyl adjacent to an activating group) is 1. The highest BCUT2D eigenvalue weighted by Crippen LogP contribution is 2.34. The van der Waals surface area contributed by atoms with Crippen molar-refractivity contribution in [2.75, 3.05) is 42.9 Å². The van der Waals surface area contributed by atoms with Crippen molar-refractivity contribution in [1.82, 2.24) is 10.2 Å². The van der Waals surface area contributed by atoms with Gasteiger partial charge in [0.15, 0.2) is 5.11 Å². The third kappa shape index (κ3) is 5.14. The summed E-state index contributed by atoms with van der Waals surface area (Å²) in [5, 5.41) is 7.26. The molecule has 3 rings (SSSR count). The number of benzene rings is 2. The Kier molecular flexibility index (Phi) is 7.13. The third-order valence-electron chi connectivity index (χ3n) is 4.70. The predicted octanol–water partition coefficient (Wildman–Crippen LogP) is 4.26. The lowest BCUT2D eigenvalue weighted by atomic mass is 10.2. The summed E-state index contributed by atoms with van der Waals surface area (Å²) in [6.45, 7) is 6.95. The zero-order chi connectivity index (χ0) is 20.1. The maximum atomic E-state index is 12.4. The molecule has 1 heterocycles. The number of rotatable bonds is 4. The van der Waals surface area contributed by atoms with Gasteiger partial charge in [-0.1, -0.05) is 36.2 Å². The van der Waals surface area contributed by atoms with Crippen LogP contribution in [0.1, 0.15) is 17.3 Å². The molecule has 0 saturated carbocycles. The molecule has 148 valence electrons. The molecule has 0 spiro atoms. The van der Waals surface area contributed by atoms with Gasteiger partial charge >= 0.3 is 0 Å². The molecule has 2 aromatic rings. The summed E-state index contributed by atoms with van der Waals surface area (Å²) in [4.78, 5) is 17.0. The van der Waals surface area contributed by atoms with Gasteiger partial charge in [-0.3, -0.25) is 10.1 Å². The molecule has 1 amide bonds. The fourth-order valence-electron chi connectivity index (χ4n) is 3.16. The molecular formula is C20H22Cl2N4OS. The monoisotopic (exact) mass is 436 g/mol. The minimum absolute atomic E-state index is 0.218. The number of halogens is 2. The lowest BCUT2D eigenvalue weighted by Gasteiger charge is -2.37. The summed E-state index contributed by atoms with van der Waals surface area (Å²) in [5.41, 5.74) is 2.16. The Balaban J connectivity index is 1.70. The number of hydrogen-bond acceptors (Lipinski definition) is 4. The van der Waals surface area contributed by atoms with E-state index in [1.807, 2.05) is 18.2 Å². The average Bonchev–Trinajstić information content (AvgIpc) is 2.68. The molecule has 1 fully saturated rings. The van der Waals surface area contributed by atoms with E-state index in [0.717, 1.165) is 44.1 Å². The minimum Gasteiger partial charge on any atom is -0.366 e. The van der Waals surface area contributed by atoms with E-state index in [4.69, 9.17) is 35.4 Å². The Hall–Kier alpha value is -1.86. The number of amides is 1. The van der Waals surface area contributed by atoms with Gasteiger partial charge in [0.1, 0.15) is 0 Å². The summed E-state index contributed by atoms with van der Waals surface area (Å²) in [7, 11) is 0. The Morgan fingerprint density at radius 2 is 1.75 bits per heavy atom. The maximum Gasteiger partial charge on any atom is 0.257 e. The number of anilines is 2. The summed E-state index contributed by atoms with van der Waals surface area (Å²) in [5.74, 6) is -0.297. The Morgan fingerprint density at radius 3 is 2.39 bits per heavy atom. The number of para-hydroxylation sites is 1. The number of carbonyl (C=O) groups is 1. The molecule has 1 aliphatic heterocycles. The highest BCUT2D eigenvalue weighted by molar-refractivity contribution is 7.80. The first-order chi connectivity index (χ1) is 13.5. The number of thiocarbonyl (C=S) groups is 1. The van der Waals surface area contributed by atoms with Crippen molar-refractivity contribution in [3.05, 3.63) is 58.1 Å². The molecule has 5 nitrogen and oxygen atoms in total. The first kappa shape index (κ1) is 20.9. The molecule has 0 aromatic heterocycles. The van der Waals surface area contributed by atoms with Gasteiger partial charge < -0.3 is 15.1 Å². The molecule has 1 aliphatic rings. The van der Waals surface area contributed by atoms with Crippen molar-refractivity contribution >= 4 is 57.8 Å². The largest absolute Gasteiger partial charge is 0.366 e. The summed E-state index contributed by atoms with van der Waals surface area (Å²) < 4.78 is 0. The molecule has 0 atom stereocenters. The lowest BCUT2D eigenvalue weighted by molar-refractivity contribution is 0.0978. The van der Waals surface area contributed by atoms with Gasteiger partial charge in [-0.2, -0.15) is 0 Å². The van der Waals surface area contributed by atoms with Crippen molar-refractivity contribution in [2.45, 2.75) is 6.92 Å². The maximum absolute atomic E-state index is 12.4. The van der Waals surface area contributed by atoms with Crippen LogP contribution < -0.4 is 15.5 Å². The quantitative estimate of drug-likeness (QED) is 0.700. The SMILES string of the molecule is CCN1CCN(c2c(Cl)cccc2NC(=S)NC(=O)c2ccc(Cl)cc2)CC1. The van der Waals surface area contributed by atoms with Crippen LogP contribution in [0.25, 0.3) is 0 Å². The zero-order valence-corrected chi connectivity index (χ0v) is 17.9. The van der Waals surface area contributed by atoms with E-state index >= 15 is 0 Å². The lowest BCUT2D eigenvalue weighted by Crippen LogP contribution is -2.46. The number of nitrogens with zero attached hydrogens (tertiary/aromatic N) is 2. The Labute approximate surface area is 180 Å². The van der Waals surface area contributed by atoms with Crippen molar-refractivity contribution in [1.29, 1.82) is 0 Å². The van der Waals surface area contributed by atoms with E-state index in [9.17, 15) is 4.79 Å². The summed E-state index contributed by atoms with van der Waals surface area (Å²) in [6, 6.07) is 12.3. The van der Waals surface area contributed by atoms with Crippen molar-refractivity contribution in [2.24, 2.45) is 0 Å². The van der Waals surface area contributed by atoms with Gasteiger partial charge in [0.2, 0.25) is 0 Å². The summed E-state index contributed by atoms with van der Waals surface area (Å²) in [6.07, 6.45) is 0. The third-order valence-corrected chi connectivity index (χ3v) is 5.47. The van der Waals surface area contributed by atoms with Crippen LogP contribution in [0.2, 0.25) is 10.0 Å². The van der Waals surface area contributed by atoms with Crippen molar-refractivity contribution < 1.29 is 4.79 Å². The summed E-state index contributed by atoms with van der Waals surface area (Å²) >= 11 is 17.7. The van der Waals surface area contributed by atoms with Gasteiger partial charge in [-0.25, -0.2) is 0 Å².